The molecule has 11 heteroatoms. The van der Waals surface area contributed by atoms with Gasteiger partial charge >= 0.3 is 103 Å². The largest absolute Gasteiger partial charge is 1.00 e. The van der Waals surface area contributed by atoms with Gasteiger partial charge in [-0.25, -0.2) is 0 Å². The summed E-state index contributed by atoms with van der Waals surface area (Å²) in [4.78, 5) is -0.404. The van der Waals surface area contributed by atoms with Crippen LogP contribution in [-0.2, 0) is 20.2 Å². The predicted molar refractivity (Wildman–Crippen MR) is 109 cm³/mol. The van der Waals surface area contributed by atoms with Crippen molar-refractivity contribution >= 4 is 34.8 Å². The third kappa shape index (κ3) is 7.08. The summed E-state index contributed by atoms with van der Waals surface area (Å²) >= 11 is 0. The molecule has 0 spiro atoms. The maximum absolute atomic E-state index is 11.2. The minimum atomic E-state index is -4.28. The zero-order valence-electron chi connectivity index (χ0n) is 17.8. The Labute approximate surface area is 260 Å². The molecule has 0 aromatic heterocycles. The first-order valence-corrected chi connectivity index (χ1v) is 11.1. The van der Waals surface area contributed by atoms with Crippen LogP contribution >= 0.6 is 9.24 Å². The van der Waals surface area contributed by atoms with Crippen molar-refractivity contribution in [1.82, 2.24) is 0 Å². The van der Waals surface area contributed by atoms with Crippen molar-refractivity contribution < 1.29 is 132 Å². The van der Waals surface area contributed by atoms with E-state index < -0.39 is 20.2 Å². The van der Waals surface area contributed by atoms with E-state index in [0.717, 1.165) is 27.6 Å². The van der Waals surface area contributed by atoms with Crippen LogP contribution in [0.15, 0.2) is 76.5 Å². The molecule has 0 fully saturated rings. The van der Waals surface area contributed by atoms with Gasteiger partial charge in [0.2, 0.25) is 0 Å². The molecule has 0 aliphatic heterocycles. The van der Waals surface area contributed by atoms with Gasteiger partial charge in [0.15, 0.2) is 0 Å². The van der Waals surface area contributed by atoms with Crippen LogP contribution in [0, 0.1) is 0 Å². The minimum Gasteiger partial charge on any atom is -1.00 e. The molecule has 6 nitrogen and oxygen atoms in total. The Kier molecular flexibility index (Phi) is 11.0. The van der Waals surface area contributed by atoms with Crippen molar-refractivity contribution in [2.24, 2.45) is 0 Å². The van der Waals surface area contributed by atoms with Crippen molar-refractivity contribution in [2.75, 3.05) is 0 Å². The monoisotopic (exact) mass is 502 g/mol. The Hall–Kier alpha value is 1.18. The first-order valence-electron chi connectivity index (χ1n) is 7.62. The normalized spacial score (nSPS) is 11.3. The molecule has 0 aliphatic carbocycles. The fourth-order valence-electron chi connectivity index (χ4n) is 2.73. The topological polar surface area (TPSA) is 109 Å². The van der Waals surface area contributed by atoms with Crippen LogP contribution in [0.4, 0.5) is 0 Å². The van der Waals surface area contributed by atoms with Gasteiger partial charge in [0.1, 0.15) is 0 Å². The van der Waals surface area contributed by atoms with Gasteiger partial charge in [-0.1, -0.05) is 42.5 Å². The van der Waals surface area contributed by atoms with Gasteiger partial charge in [0, 0.05) is 0 Å². The Balaban J connectivity index is 0. The van der Waals surface area contributed by atoms with E-state index in [1.165, 1.54) is 24.3 Å². The van der Waals surface area contributed by atoms with E-state index in [1.807, 2.05) is 18.2 Å². The molecule has 29 heavy (non-hydrogen) atoms. The molecule has 0 amide bonds. The van der Waals surface area contributed by atoms with E-state index in [2.05, 4.69) is 9.24 Å². The van der Waals surface area contributed by atoms with Crippen LogP contribution in [-0.4, -0.2) is 25.9 Å². The maximum atomic E-state index is 11.2. The zero-order chi connectivity index (χ0) is 19.8. The van der Waals surface area contributed by atoms with E-state index >= 15 is 0 Å². The fourth-order valence-corrected chi connectivity index (χ4v) is 4.13. The molecule has 0 saturated carbocycles. The number of hydrogen-bond acceptors (Lipinski definition) is 4. The second-order valence-corrected chi connectivity index (χ2v) is 9.23. The van der Waals surface area contributed by atoms with E-state index in [-0.39, 0.29) is 115 Å². The quantitative estimate of drug-likeness (QED) is 0.228. The molecular weight excluding hydrogens is 485 g/mol. The van der Waals surface area contributed by atoms with Crippen molar-refractivity contribution in [3.05, 3.63) is 66.7 Å². The Morgan fingerprint density at radius 3 is 1.48 bits per heavy atom. The van der Waals surface area contributed by atoms with E-state index in [4.69, 9.17) is 9.11 Å². The molecule has 1 atom stereocenters. The summed E-state index contributed by atoms with van der Waals surface area (Å²) in [6.07, 6.45) is 0. The van der Waals surface area contributed by atoms with Gasteiger partial charge in [-0.05, 0) is 51.8 Å². The van der Waals surface area contributed by atoms with Crippen LogP contribution in [0.3, 0.4) is 0 Å². The standard InChI is InChI=1S/C18H15O6PS2.2K.2H/c19-26(20,21)14-8-4-12(5-9-14)16-2-1-3-17(25)18(16)13-6-10-15(11-7-13)27(22,23)24;;;;/h1-11H,25H2,(H,19,20,21)(H,22,23,24);;;;/q;2*+1;2*-1. The van der Waals surface area contributed by atoms with Gasteiger partial charge in [-0.15, -0.1) is 9.24 Å². The average molecular weight is 503 g/mol. The average Bonchev–Trinajstić information content (AvgIpc) is 2.60. The molecule has 144 valence electrons. The first kappa shape index (κ1) is 28.2. The summed E-state index contributed by atoms with van der Waals surface area (Å²) < 4.78 is 63.1. The summed E-state index contributed by atoms with van der Waals surface area (Å²) in [6, 6.07) is 17.1. The molecule has 0 aliphatic rings. The van der Waals surface area contributed by atoms with E-state index in [1.54, 1.807) is 24.3 Å². The van der Waals surface area contributed by atoms with Crippen molar-refractivity contribution in [2.45, 2.75) is 9.79 Å². The second kappa shape index (κ2) is 11.4. The Morgan fingerprint density at radius 1 is 0.655 bits per heavy atom. The van der Waals surface area contributed by atoms with Gasteiger partial charge in [-0.2, -0.15) is 16.8 Å². The van der Waals surface area contributed by atoms with Gasteiger partial charge in [-0.3, -0.25) is 9.11 Å². The molecule has 0 bridgehead atoms. The molecule has 2 N–H and O–H groups in total. The number of benzene rings is 3. The van der Waals surface area contributed by atoms with Crippen LogP contribution in [0.1, 0.15) is 2.85 Å². The SMILES string of the molecule is O=S(=O)(O)c1ccc(-c2cccc(P)c2-c2ccc(S(=O)(=O)O)cc2)cc1.[H-].[H-].[K+].[K+]. The smallest absolute Gasteiger partial charge is 1.00 e. The van der Waals surface area contributed by atoms with Gasteiger partial charge < -0.3 is 2.85 Å². The summed E-state index contributed by atoms with van der Waals surface area (Å²) in [5.41, 5.74) is 3.05. The van der Waals surface area contributed by atoms with E-state index in [0.29, 0.717) is 0 Å². The third-order valence-corrected chi connectivity index (χ3v) is 6.22. The predicted octanol–water partition coefficient (Wildman–Crippen LogP) is -2.75. The van der Waals surface area contributed by atoms with Crippen LogP contribution in [0.25, 0.3) is 22.3 Å². The molecule has 0 heterocycles. The summed E-state index contributed by atoms with van der Waals surface area (Å²) in [6.45, 7) is 0. The molecule has 1 unspecified atom stereocenters. The number of rotatable bonds is 4. The molecule has 0 radical (unpaired) electrons. The van der Waals surface area contributed by atoms with Crippen LogP contribution in [0.5, 0.6) is 0 Å². The van der Waals surface area contributed by atoms with E-state index in [9.17, 15) is 16.8 Å². The molecule has 0 saturated heterocycles. The van der Waals surface area contributed by atoms with Gasteiger partial charge in [0.25, 0.3) is 20.2 Å². The molecular formula is C18H17K2O6PS2. The number of hydrogen-bond donors (Lipinski definition) is 2. The molecule has 3 rings (SSSR count). The Bertz CT molecular complexity index is 1220. The molecule has 3 aromatic rings. The zero-order valence-corrected chi connectivity index (χ0v) is 24.8. The molecule has 3 aromatic carbocycles. The summed E-state index contributed by atoms with van der Waals surface area (Å²) in [5, 5.41) is 0.853. The first-order chi connectivity index (χ1) is 12.6. The van der Waals surface area contributed by atoms with Crippen LogP contribution in [0.2, 0.25) is 0 Å². The third-order valence-electron chi connectivity index (χ3n) is 4.00. The summed E-state index contributed by atoms with van der Waals surface area (Å²) in [5.74, 6) is 0. The summed E-state index contributed by atoms with van der Waals surface area (Å²) in [7, 11) is -5.95. The fraction of sp³-hybridized carbons (Fsp3) is 0. The van der Waals surface area contributed by atoms with Crippen molar-refractivity contribution in [1.29, 1.82) is 0 Å². The maximum Gasteiger partial charge on any atom is 1.00 e. The minimum absolute atomic E-state index is 0. The van der Waals surface area contributed by atoms with Gasteiger partial charge in [0.05, 0.1) is 9.79 Å². The van der Waals surface area contributed by atoms with Crippen molar-refractivity contribution in [3.63, 3.8) is 0 Å². The van der Waals surface area contributed by atoms with Crippen LogP contribution < -0.4 is 108 Å². The Morgan fingerprint density at radius 2 is 1.07 bits per heavy atom. The van der Waals surface area contributed by atoms with Crippen molar-refractivity contribution in [3.8, 4) is 22.3 Å². The second-order valence-electron chi connectivity index (χ2n) is 5.77.